The van der Waals surface area contributed by atoms with Crippen molar-refractivity contribution in [1.29, 1.82) is 0 Å². The second-order valence-corrected chi connectivity index (χ2v) is 6.59. The van der Waals surface area contributed by atoms with E-state index in [4.69, 9.17) is 0 Å². The molecule has 0 saturated carbocycles. The Morgan fingerprint density at radius 1 is 1.12 bits per heavy atom. The standard InChI is InChI=1S/C19H22N4O2.ClH/c24-17-6-9-21(10-7-17)11-12-23-18-5-4-16(13-15(18)14-20-23)22-8-2-1-3-19(22)25;/h1-5,8,13-14,17,24H,6-7,9-12H2;1H. The summed E-state index contributed by atoms with van der Waals surface area (Å²) in [7, 11) is 0. The van der Waals surface area contributed by atoms with E-state index < -0.39 is 0 Å². The normalized spacial score (nSPS) is 15.9. The number of pyridine rings is 1. The summed E-state index contributed by atoms with van der Waals surface area (Å²) in [5.74, 6) is 0. The highest BCUT2D eigenvalue weighted by Gasteiger charge is 2.16. The van der Waals surface area contributed by atoms with Crippen molar-refractivity contribution in [3.63, 3.8) is 0 Å². The van der Waals surface area contributed by atoms with E-state index in [1.807, 2.05) is 35.1 Å². The maximum atomic E-state index is 12.0. The highest BCUT2D eigenvalue weighted by Crippen LogP contribution is 2.18. The SMILES string of the molecule is Cl.O=c1ccccn1-c1ccc2c(cnn2CCN2CCC(O)CC2)c1. The predicted octanol–water partition coefficient (Wildman–Crippen LogP) is 2.07. The molecule has 138 valence electrons. The van der Waals surface area contributed by atoms with Gasteiger partial charge in [-0.25, -0.2) is 0 Å². The van der Waals surface area contributed by atoms with Crippen molar-refractivity contribution in [2.75, 3.05) is 19.6 Å². The van der Waals surface area contributed by atoms with Gasteiger partial charge in [0.15, 0.2) is 0 Å². The lowest BCUT2D eigenvalue weighted by atomic mass is 10.1. The van der Waals surface area contributed by atoms with Crippen LogP contribution in [0.4, 0.5) is 0 Å². The van der Waals surface area contributed by atoms with E-state index in [2.05, 4.69) is 10.00 Å². The predicted molar refractivity (Wildman–Crippen MR) is 104 cm³/mol. The molecule has 3 heterocycles. The van der Waals surface area contributed by atoms with Gasteiger partial charge in [-0.05, 0) is 37.1 Å². The molecule has 0 unspecified atom stereocenters. The Bertz CT molecular complexity index is 928. The first-order chi connectivity index (χ1) is 12.2. The number of hydrogen-bond donors (Lipinski definition) is 1. The lowest BCUT2D eigenvalue weighted by Crippen LogP contribution is -2.37. The minimum Gasteiger partial charge on any atom is -0.393 e. The van der Waals surface area contributed by atoms with E-state index in [1.165, 1.54) is 0 Å². The monoisotopic (exact) mass is 374 g/mol. The Labute approximate surface area is 158 Å². The summed E-state index contributed by atoms with van der Waals surface area (Å²) in [6, 6.07) is 11.1. The van der Waals surface area contributed by atoms with Crippen LogP contribution in [0.25, 0.3) is 16.6 Å². The van der Waals surface area contributed by atoms with Crippen molar-refractivity contribution in [1.82, 2.24) is 19.2 Å². The smallest absolute Gasteiger partial charge is 0.255 e. The van der Waals surface area contributed by atoms with Gasteiger partial charge in [0, 0.05) is 43.0 Å². The molecule has 1 aliphatic heterocycles. The molecule has 0 bridgehead atoms. The minimum absolute atomic E-state index is 0. The van der Waals surface area contributed by atoms with E-state index in [-0.39, 0.29) is 24.1 Å². The summed E-state index contributed by atoms with van der Waals surface area (Å²) in [5.41, 5.74) is 1.88. The molecule has 1 fully saturated rings. The average Bonchev–Trinajstić information content (AvgIpc) is 3.04. The second kappa shape index (κ2) is 8.03. The van der Waals surface area contributed by atoms with Crippen molar-refractivity contribution in [3.8, 4) is 5.69 Å². The molecule has 1 aromatic carbocycles. The van der Waals surface area contributed by atoms with Crippen LogP contribution in [-0.2, 0) is 6.54 Å². The number of piperidine rings is 1. The van der Waals surface area contributed by atoms with Crippen LogP contribution in [0.1, 0.15) is 12.8 Å². The Hall–Kier alpha value is -2.15. The number of nitrogens with zero attached hydrogens (tertiary/aromatic N) is 4. The van der Waals surface area contributed by atoms with Crippen molar-refractivity contribution < 1.29 is 5.11 Å². The quantitative estimate of drug-likeness (QED) is 0.759. The lowest BCUT2D eigenvalue weighted by molar-refractivity contribution is 0.0807. The van der Waals surface area contributed by atoms with Crippen molar-refractivity contribution in [3.05, 3.63) is 59.1 Å². The first-order valence-electron chi connectivity index (χ1n) is 8.75. The second-order valence-electron chi connectivity index (χ2n) is 6.59. The fourth-order valence-corrected chi connectivity index (χ4v) is 3.42. The van der Waals surface area contributed by atoms with Crippen molar-refractivity contribution in [2.45, 2.75) is 25.5 Å². The van der Waals surface area contributed by atoms with E-state index >= 15 is 0 Å². The van der Waals surface area contributed by atoms with Gasteiger partial charge in [0.25, 0.3) is 5.56 Å². The molecule has 1 aliphatic rings. The fraction of sp³-hybridized carbons (Fsp3) is 0.368. The Balaban J connectivity index is 0.00000196. The molecule has 1 N–H and O–H groups in total. The maximum absolute atomic E-state index is 12.0. The summed E-state index contributed by atoms with van der Waals surface area (Å²) >= 11 is 0. The van der Waals surface area contributed by atoms with Gasteiger partial charge in [0.05, 0.1) is 24.4 Å². The van der Waals surface area contributed by atoms with Crippen LogP contribution in [0.5, 0.6) is 0 Å². The summed E-state index contributed by atoms with van der Waals surface area (Å²) in [5, 5.41) is 15.1. The highest BCUT2D eigenvalue weighted by molar-refractivity contribution is 5.85. The zero-order valence-electron chi connectivity index (χ0n) is 14.5. The molecule has 0 amide bonds. The third-order valence-electron chi connectivity index (χ3n) is 4.91. The number of aliphatic hydroxyl groups excluding tert-OH is 1. The molecule has 26 heavy (non-hydrogen) atoms. The first-order valence-corrected chi connectivity index (χ1v) is 8.75. The first kappa shape index (κ1) is 18.6. The van der Waals surface area contributed by atoms with Crippen molar-refractivity contribution in [2.24, 2.45) is 0 Å². The van der Waals surface area contributed by atoms with Crippen LogP contribution in [0, 0.1) is 0 Å². The number of fused-ring (bicyclic) bond motifs is 1. The van der Waals surface area contributed by atoms with Gasteiger partial charge in [-0.3, -0.25) is 14.0 Å². The number of likely N-dealkylation sites (tertiary alicyclic amines) is 1. The van der Waals surface area contributed by atoms with Crippen LogP contribution < -0.4 is 5.56 Å². The summed E-state index contributed by atoms with van der Waals surface area (Å²) < 4.78 is 3.65. The Kier molecular flexibility index (Phi) is 5.76. The zero-order chi connectivity index (χ0) is 17.2. The van der Waals surface area contributed by atoms with E-state index in [0.29, 0.717) is 0 Å². The third kappa shape index (κ3) is 3.82. The highest BCUT2D eigenvalue weighted by atomic mass is 35.5. The summed E-state index contributed by atoms with van der Waals surface area (Å²) in [6.07, 6.45) is 5.21. The molecule has 0 aliphatic carbocycles. The maximum Gasteiger partial charge on any atom is 0.255 e. The van der Waals surface area contributed by atoms with Crippen LogP contribution in [0.15, 0.2) is 53.6 Å². The van der Waals surface area contributed by atoms with Crippen LogP contribution in [0.2, 0.25) is 0 Å². The van der Waals surface area contributed by atoms with Gasteiger partial charge in [-0.2, -0.15) is 5.10 Å². The van der Waals surface area contributed by atoms with Gasteiger partial charge in [0.2, 0.25) is 0 Å². The zero-order valence-corrected chi connectivity index (χ0v) is 15.3. The number of benzene rings is 1. The van der Waals surface area contributed by atoms with Gasteiger partial charge in [-0.1, -0.05) is 6.07 Å². The Morgan fingerprint density at radius 2 is 1.92 bits per heavy atom. The Morgan fingerprint density at radius 3 is 2.69 bits per heavy atom. The van der Waals surface area contributed by atoms with Gasteiger partial charge < -0.3 is 10.0 Å². The minimum atomic E-state index is -0.137. The van der Waals surface area contributed by atoms with Crippen LogP contribution in [-0.4, -0.2) is 50.1 Å². The largest absolute Gasteiger partial charge is 0.393 e. The molecule has 0 spiro atoms. The van der Waals surface area contributed by atoms with Crippen molar-refractivity contribution >= 4 is 23.3 Å². The lowest BCUT2D eigenvalue weighted by Gasteiger charge is -2.29. The molecule has 1 saturated heterocycles. The number of aliphatic hydroxyl groups is 1. The molecule has 7 heteroatoms. The molecule has 3 aromatic rings. The molecule has 6 nitrogen and oxygen atoms in total. The van der Waals surface area contributed by atoms with Gasteiger partial charge in [-0.15, -0.1) is 12.4 Å². The number of rotatable bonds is 4. The molecule has 0 atom stereocenters. The van der Waals surface area contributed by atoms with E-state index in [0.717, 1.165) is 55.6 Å². The average molecular weight is 375 g/mol. The van der Waals surface area contributed by atoms with E-state index in [1.54, 1.807) is 22.9 Å². The number of aromatic nitrogens is 3. The molecule has 0 radical (unpaired) electrons. The van der Waals surface area contributed by atoms with E-state index in [9.17, 15) is 9.90 Å². The number of halogens is 1. The fourth-order valence-electron chi connectivity index (χ4n) is 3.42. The topological polar surface area (TPSA) is 63.3 Å². The van der Waals surface area contributed by atoms with Gasteiger partial charge >= 0.3 is 0 Å². The molecule has 2 aromatic heterocycles. The third-order valence-corrected chi connectivity index (χ3v) is 4.91. The number of hydrogen-bond acceptors (Lipinski definition) is 4. The molecular formula is C19H23ClN4O2. The summed E-state index contributed by atoms with van der Waals surface area (Å²) in [6.45, 7) is 3.65. The van der Waals surface area contributed by atoms with Gasteiger partial charge in [0.1, 0.15) is 0 Å². The summed E-state index contributed by atoms with van der Waals surface area (Å²) in [4.78, 5) is 14.4. The molecule has 4 rings (SSSR count). The van der Waals surface area contributed by atoms with Crippen LogP contribution in [0.3, 0.4) is 0 Å². The van der Waals surface area contributed by atoms with Crippen LogP contribution >= 0.6 is 12.4 Å². The molecular weight excluding hydrogens is 352 g/mol.